The zero-order chi connectivity index (χ0) is 19.1. The highest BCUT2D eigenvalue weighted by Gasteiger charge is 2.22. The van der Waals surface area contributed by atoms with E-state index in [9.17, 15) is 8.42 Å². The molecule has 0 spiro atoms. The Morgan fingerprint density at radius 3 is 2.54 bits per heavy atom. The van der Waals surface area contributed by atoms with Crippen molar-refractivity contribution in [3.8, 4) is 0 Å². The lowest BCUT2D eigenvalue weighted by Gasteiger charge is -2.20. The fourth-order valence-corrected chi connectivity index (χ4v) is 5.08. The van der Waals surface area contributed by atoms with Crippen LogP contribution >= 0.6 is 11.3 Å². The van der Waals surface area contributed by atoms with Crippen LogP contribution in [0.1, 0.15) is 31.2 Å². The highest BCUT2D eigenvalue weighted by Crippen LogP contribution is 2.34. The lowest BCUT2D eigenvalue weighted by molar-refractivity contribution is 0.491. The topological polar surface area (TPSA) is 84.0 Å². The van der Waals surface area contributed by atoms with Crippen LogP contribution in [0.2, 0.25) is 0 Å². The third-order valence-electron chi connectivity index (χ3n) is 3.81. The van der Waals surface area contributed by atoms with E-state index in [1.165, 1.54) is 11.2 Å². The van der Waals surface area contributed by atoms with E-state index in [1.54, 1.807) is 29.5 Å². The molecule has 0 fully saturated rings. The highest BCUT2D eigenvalue weighted by atomic mass is 32.2. The minimum Gasteiger partial charge on any atom is -0.340 e. The zero-order valence-corrected chi connectivity index (χ0v) is 17.0. The van der Waals surface area contributed by atoms with Crippen LogP contribution in [0, 0.1) is 13.8 Å². The van der Waals surface area contributed by atoms with Gasteiger partial charge in [0.25, 0.3) is 0 Å². The first-order valence-electron chi connectivity index (χ1n) is 8.18. The number of benzene rings is 1. The monoisotopic (exact) mass is 390 g/mol. The van der Waals surface area contributed by atoms with Crippen molar-refractivity contribution in [2.75, 3.05) is 5.32 Å². The standard InChI is InChI=1S/C18H22N4O2S2/c1-11-12(2)25-17-15(11)16(19-10-20-17)21-13-7-6-8-14(9-13)26(23,24)22-18(3,4)5/h6-10,22H,1-5H3,(H,19,20,21). The van der Waals surface area contributed by atoms with Crippen LogP contribution < -0.4 is 10.0 Å². The van der Waals surface area contributed by atoms with Crippen molar-refractivity contribution in [2.24, 2.45) is 0 Å². The van der Waals surface area contributed by atoms with Gasteiger partial charge in [-0.2, -0.15) is 0 Å². The van der Waals surface area contributed by atoms with Crippen molar-refractivity contribution < 1.29 is 8.42 Å². The van der Waals surface area contributed by atoms with Gasteiger partial charge in [-0.15, -0.1) is 11.3 Å². The van der Waals surface area contributed by atoms with Crippen molar-refractivity contribution in [1.82, 2.24) is 14.7 Å². The predicted octanol–water partition coefficient (Wildman–Crippen LogP) is 4.13. The number of aromatic nitrogens is 2. The summed E-state index contributed by atoms with van der Waals surface area (Å²) in [5.41, 5.74) is 1.24. The number of aryl methyl sites for hydroxylation is 2. The molecule has 6 nitrogen and oxygen atoms in total. The molecule has 8 heteroatoms. The molecule has 0 aliphatic rings. The van der Waals surface area contributed by atoms with Gasteiger partial charge in [-0.05, 0) is 58.4 Å². The maximum absolute atomic E-state index is 12.6. The van der Waals surface area contributed by atoms with Crippen molar-refractivity contribution in [1.29, 1.82) is 0 Å². The van der Waals surface area contributed by atoms with E-state index in [4.69, 9.17) is 0 Å². The van der Waals surface area contributed by atoms with Gasteiger partial charge < -0.3 is 5.32 Å². The summed E-state index contributed by atoms with van der Waals surface area (Å²) >= 11 is 1.62. The van der Waals surface area contributed by atoms with Crippen LogP contribution in [-0.4, -0.2) is 23.9 Å². The Balaban J connectivity index is 1.98. The van der Waals surface area contributed by atoms with Crippen molar-refractivity contribution in [3.05, 3.63) is 41.0 Å². The summed E-state index contributed by atoms with van der Waals surface area (Å²) in [7, 11) is -3.60. The molecule has 138 valence electrons. The summed E-state index contributed by atoms with van der Waals surface area (Å²) < 4.78 is 27.8. The van der Waals surface area contributed by atoms with Gasteiger partial charge in [-0.1, -0.05) is 6.07 Å². The second-order valence-electron chi connectivity index (χ2n) is 7.19. The average Bonchev–Trinajstić information content (AvgIpc) is 2.81. The van der Waals surface area contributed by atoms with Crippen LogP contribution in [0.3, 0.4) is 0 Å². The van der Waals surface area contributed by atoms with Gasteiger partial charge >= 0.3 is 0 Å². The number of thiophene rings is 1. The van der Waals surface area contributed by atoms with Crippen LogP contribution in [0.4, 0.5) is 11.5 Å². The molecule has 0 aliphatic heterocycles. The minimum absolute atomic E-state index is 0.209. The molecule has 26 heavy (non-hydrogen) atoms. The first-order valence-corrected chi connectivity index (χ1v) is 10.5. The zero-order valence-electron chi connectivity index (χ0n) is 15.4. The SMILES string of the molecule is Cc1sc2ncnc(Nc3cccc(S(=O)(=O)NC(C)(C)C)c3)c2c1C. The molecule has 2 N–H and O–H groups in total. The van der Waals surface area contributed by atoms with E-state index in [0.717, 1.165) is 15.8 Å². The average molecular weight is 391 g/mol. The fraction of sp³-hybridized carbons (Fsp3) is 0.333. The number of hydrogen-bond donors (Lipinski definition) is 2. The molecule has 0 saturated heterocycles. The van der Waals surface area contributed by atoms with E-state index in [1.807, 2.05) is 33.8 Å². The Kier molecular flexibility index (Phi) is 4.76. The van der Waals surface area contributed by atoms with E-state index in [-0.39, 0.29) is 4.90 Å². The van der Waals surface area contributed by atoms with Crippen molar-refractivity contribution in [3.63, 3.8) is 0 Å². The molecule has 0 unspecified atom stereocenters. The molecule has 1 aromatic carbocycles. The van der Waals surface area contributed by atoms with Crippen LogP contribution in [0.25, 0.3) is 10.2 Å². The molecule has 2 aromatic heterocycles. The Bertz CT molecular complexity index is 1070. The molecule has 0 bridgehead atoms. The summed E-state index contributed by atoms with van der Waals surface area (Å²) in [6.07, 6.45) is 1.52. The third kappa shape index (κ3) is 3.87. The second kappa shape index (κ2) is 6.61. The summed E-state index contributed by atoms with van der Waals surface area (Å²) in [6, 6.07) is 6.72. The van der Waals surface area contributed by atoms with E-state index in [0.29, 0.717) is 11.5 Å². The second-order valence-corrected chi connectivity index (χ2v) is 10.1. The quantitative estimate of drug-likeness (QED) is 0.700. The molecule has 3 aromatic rings. The minimum atomic E-state index is -3.60. The fourth-order valence-electron chi connectivity index (χ4n) is 2.62. The Labute approximate surface area is 157 Å². The summed E-state index contributed by atoms with van der Waals surface area (Å²) in [5, 5.41) is 4.21. The van der Waals surface area contributed by atoms with E-state index < -0.39 is 15.6 Å². The van der Waals surface area contributed by atoms with Gasteiger partial charge in [-0.3, -0.25) is 0 Å². The first-order chi connectivity index (χ1) is 12.1. The van der Waals surface area contributed by atoms with Crippen molar-refractivity contribution in [2.45, 2.75) is 45.1 Å². The molecule has 0 radical (unpaired) electrons. The number of sulfonamides is 1. The number of rotatable bonds is 4. The maximum Gasteiger partial charge on any atom is 0.241 e. The van der Waals surface area contributed by atoms with Crippen LogP contribution in [0.15, 0.2) is 35.5 Å². The highest BCUT2D eigenvalue weighted by molar-refractivity contribution is 7.89. The van der Waals surface area contributed by atoms with Crippen molar-refractivity contribution >= 4 is 43.1 Å². The maximum atomic E-state index is 12.6. The normalized spacial score (nSPS) is 12.5. The van der Waals surface area contributed by atoms with E-state index in [2.05, 4.69) is 26.9 Å². The smallest absolute Gasteiger partial charge is 0.241 e. The predicted molar refractivity (Wildman–Crippen MR) is 107 cm³/mol. The summed E-state index contributed by atoms with van der Waals surface area (Å²) in [5.74, 6) is 0.676. The van der Waals surface area contributed by atoms with Gasteiger partial charge in [0.2, 0.25) is 10.0 Å². The van der Waals surface area contributed by atoms with Gasteiger partial charge in [0, 0.05) is 16.1 Å². The summed E-state index contributed by atoms with van der Waals surface area (Å²) in [4.78, 5) is 11.0. The van der Waals surface area contributed by atoms with Gasteiger partial charge in [0.05, 0.1) is 10.3 Å². The molecule has 0 amide bonds. The number of nitrogens with one attached hydrogen (secondary N) is 2. The molecular formula is C18H22N4O2S2. The number of nitrogens with zero attached hydrogens (tertiary/aromatic N) is 2. The lowest BCUT2D eigenvalue weighted by Crippen LogP contribution is -2.40. The first kappa shape index (κ1) is 18.8. The number of anilines is 2. The van der Waals surface area contributed by atoms with Gasteiger partial charge in [-0.25, -0.2) is 23.1 Å². The molecule has 0 aliphatic carbocycles. The van der Waals surface area contributed by atoms with Crippen LogP contribution in [0.5, 0.6) is 0 Å². The Morgan fingerprint density at radius 1 is 1.12 bits per heavy atom. The molecule has 0 atom stereocenters. The van der Waals surface area contributed by atoms with Gasteiger partial charge in [0.15, 0.2) is 0 Å². The Morgan fingerprint density at radius 2 is 1.85 bits per heavy atom. The van der Waals surface area contributed by atoms with Gasteiger partial charge in [0.1, 0.15) is 17.0 Å². The molecular weight excluding hydrogens is 368 g/mol. The van der Waals surface area contributed by atoms with E-state index >= 15 is 0 Å². The largest absolute Gasteiger partial charge is 0.340 e. The lowest BCUT2D eigenvalue weighted by atomic mass is 10.1. The molecule has 2 heterocycles. The summed E-state index contributed by atoms with van der Waals surface area (Å²) in [6.45, 7) is 9.53. The Hall–Kier alpha value is -2.03. The third-order valence-corrected chi connectivity index (χ3v) is 6.68. The number of fused-ring (bicyclic) bond motifs is 1. The molecule has 3 rings (SSSR count). The number of hydrogen-bond acceptors (Lipinski definition) is 6. The molecule has 0 saturated carbocycles. The van der Waals surface area contributed by atoms with Crippen LogP contribution in [-0.2, 0) is 10.0 Å².